The SMILES string of the molecule is COc1cc(OC)cc(C(=O)NCc2nnc(SCC(=O)Nc3nnc(C)s3)n2-c2cc(C)ccc2C)c1. The van der Waals surface area contributed by atoms with Gasteiger partial charge in [0, 0.05) is 11.6 Å². The van der Waals surface area contributed by atoms with Crippen LogP contribution < -0.4 is 20.1 Å². The first-order chi connectivity index (χ1) is 18.3. The van der Waals surface area contributed by atoms with Crippen molar-refractivity contribution in [3.05, 3.63) is 63.9 Å². The number of benzene rings is 2. The van der Waals surface area contributed by atoms with Crippen LogP contribution in [0.25, 0.3) is 5.69 Å². The molecule has 2 aromatic heterocycles. The van der Waals surface area contributed by atoms with Gasteiger partial charge in [0.05, 0.1) is 32.2 Å². The van der Waals surface area contributed by atoms with Gasteiger partial charge in [-0.3, -0.25) is 19.5 Å². The Hall–Kier alpha value is -3.97. The molecule has 0 aliphatic heterocycles. The molecule has 0 aliphatic rings. The number of ether oxygens (including phenoxy) is 2. The highest BCUT2D eigenvalue weighted by molar-refractivity contribution is 7.99. The Morgan fingerprint density at radius 1 is 0.974 bits per heavy atom. The molecule has 0 saturated heterocycles. The van der Waals surface area contributed by atoms with Crippen molar-refractivity contribution >= 4 is 40.0 Å². The van der Waals surface area contributed by atoms with Crippen molar-refractivity contribution in [1.29, 1.82) is 0 Å². The highest BCUT2D eigenvalue weighted by Crippen LogP contribution is 2.26. The topological polar surface area (TPSA) is 133 Å². The molecule has 0 unspecified atom stereocenters. The van der Waals surface area contributed by atoms with E-state index in [4.69, 9.17) is 9.47 Å². The number of aromatic nitrogens is 5. The lowest BCUT2D eigenvalue weighted by Crippen LogP contribution is -2.25. The van der Waals surface area contributed by atoms with E-state index >= 15 is 0 Å². The van der Waals surface area contributed by atoms with Crippen molar-refractivity contribution in [3.63, 3.8) is 0 Å². The molecule has 2 heterocycles. The number of nitrogens with zero attached hydrogens (tertiary/aromatic N) is 5. The van der Waals surface area contributed by atoms with Gasteiger partial charge in [-0.1, -0.05) is 35.2 Å². The Labute approximate surface area is 228 Å². The van der Waals surface area contributed by atoms with Crippen molar-refractivity contribution in [2.75, 3.05) is 25.3 Å². The quantitative estimate of drug-likeness (QED) is 0.282. The number of hydrogen-bond donors (Lipinski definition) is 2. The highest BCUT2D eigenvalue weighted by Gasteiger charge is 2.19. The molecule has 11 nitrogen and oxygen atoms in total. The zero-order valence-electron chi connectivity index (χ0n) is 21.6. The van der Waals surface area contributed by atoms with Gasteiger partial charge in [-0.25, -0.2) is 0 Å². The van der Waals surface area contributed by atoms with Gasteiger partial charge in [0.1, 0.15) is 16.5 Å². The monoisotopic (exact) mass is 553 g/mol. The summed E-state index contributed by atoms with van der Waals surface area (Å²) in [5.74, 6) is 1.08. The van der Waals surface area contributed by atoms with Crippen LogP contribution in [-0.4, -0.2) is 56.7 Å². The number of thioether (sulfide) groups is 1. The first-order valence-electron chi connectivity index (χ1n) is 11.5. The van der Waals surface area contributed by atoms with Crippen molar-refractivity contribution in [2.24, 2.45) is 0 Å². The van der Waals surface area contributed by atoms with Gasteiger partial charge in [-0.05, 0) is 50.1 Å². The fraction of sp³-hybridized carbons (Fsp3) is 0.280. The Morgan fingerprint density at radius 2 is 1.71 bits per heavy atom. The zero-order valence-corrected chi connectivity index (χ0v) is 23.2. The molecule has 2 amide bonds. The molecule has 0 spiro atoms. The first kappa shape index (κ1) is 27.1. The molecule has 0 atom stereocenters. The van der Waals surface area contributed by atoms with E-state index in [2.05, 4.69) is 31.0 Å². The highest BCUT2D eigenvalue weighted by atomic mass is 32.2. The predicted molar refractivity (Wildman–Crippen MR) is 146 cm³/mol. The number of aryl methyl sites for hydroxylation is 3. The molecule has 2 N–H and O–H groups in total. The fourth-order valence-electron chi connectivity index (χ4n) is 3.54. The van der Waals surface area contributed by atoms with E-state index in [0.29, 0.717) is 33.2 Å². The van der Waals surface area contributed by atoms with Crippen LogP contribution in [0.4, 0.5) is 5.13 Å². The van der Waals surface area contributed by atoms with Gasteiger partial charge in [-0.2, -0.15) is 0 Å². The molecular weight excluding hydrogens is 526 g/mol. The number of carbonyl (C=O) groups is 2. The molecule has 38 heavy (non-hydrogen) atoms. The normalized spacial score (nSPS) is 10.8. The Bertz CT molecular complexity index is 1450. The maximum absolute atomic E-state index is 13.0. The second-order valence-corrected chi connectivity index (χ2v) is 10.4. The summed E-state index contributed by atoms with van der Waals surface area (Å²) in [6.45, 7) is 5.91. The number of hydrogen-bond acceptors (Lipinski definition) is 10. The predicted octanol–water partition coefficient (Wildman–Crippen LogP) is 3.72. The summed E-state index contributed by atoms with van der Waals surface area (Å²) >= 11 is 2.54. The third-order valence-corrected chi connectivity index (χ3v) is 7.11. The van der Waals surface area contributed by atoms with Crippen LogP contribution in [0.1, 0.15) is 32.3 Å². The van der Waals surface area contributed by atoms with Gasteiger partial charge in [-0.15, -0.1) is 20.4 Å². The van der Waals surface area contributed by atoms with Crippen molar-refractivity contribution in [1.82, 2.24) is 30.3 Å². The molecule has 0 fully saturated rings. The van der Waals surface area contributed by atoms with E-state index in [-0.39, 0.29) is 24.1 Å². The minimum absolute atomic E-state index is 0.0948. The van der Waals surface area contributed by atoms with Crippen LogP contribution in [0, 0.1) is 20.8 Å². The van der Waals surface area contributed by atoms with Crippen LogP contribution in [0.3, 0.4) is 0 Å². The Balaban J connectivity index is 1.56. The lowest BCUT2D eigenvalue weighted by molar-refractivity contribution is -0.113. The maximum Gasteiger partial charge on any atom is 0.251 e. The van der Waals surface area contributed by atoms with E-state index in [1.165, 1.54) is 37.3 Å². The minimum Gasteiger partial charge on any atom is -0.497 e. The second-order valence-electron chi connectivity index (χ2n) is 8.27. The number of carbonyl (C=O) groups excluding carboxylic acids is 2. The standard InChI is InChI=1S/C25H27N7O4S2/c1-14-6-7-15(2)20(8-14)32-21(12-26-23(34)17-9-18(35-4)11-19(10-17)36-5)29-31-25(32)37-13-22(33)27-24-30-28-16(3)38-24/h6-11H,12-13H2,1-5H3,(H,26,34)(H,27,30,33). The van der Waals surface area contributed by atoms with Gasteiger partial charge in [0.25, 0.3) is 5.91 Å². The number of methoxy groups -OCH3 is 2. The van der Waals surface area contributed by atoms with Gasteiger partial charge >= 0.3 is 0 Å². The molecule has 2 aromatic carbocycles. The zero-order chi connectivity index (χ0) is 27.2. The number of rotatable bonds is 10. The van der Waals surface area contributed by atoms with Gasteiger partial charge < -0.3 is 14.8 Å². The number of anilines is 1. The van der Waals surface area contributed by atoms with Crippen molar-refractivity contribution in [3.8, 4) is 17.2 Å². The van der Waals surface area contributed by atoms with E-state index in [0.717, 1.165) is 21.8 Å². The van der Waals surface area contributed by atoms with Crippen LogP contribution in [-0.2, 0) is 11.3 Å². The molecule has 4 rings (SSSR count). The lowest BCUT2D eigenvalue weighted by atomic mass is 10.1. The van der Waals surface area contributed by atoms with E-state index < -0.39 is 0 Å². The van der Waals surface area contributed by atoms with Crippen LogP contribution in [0.5, 0.6) is 11.5 Å². The van der Waals surface area contributed by atoms with Crippen molar-refractivity contribution in [2.45, 2.75) is 32.5 Å². The van der Waals surface area contributed by atoms with Gasteiger partial charge in [0.15, 0.2) is 11.0 Å². The summed E-state index contributed by atoms with van der Waals surface area (Å²) in [4.78, 5) is 25.5. The average molecular weight is 554 g/mol. The maximum atomic E-state index is 13.0. The lowest BCUT2D eigenvalue weighted by Gasteiger charge is -2.14. The van der Waals surface area contributed by atoms with Crippen LogP contribution >= 0.6 is 23.1 Å². The Morgan fingerprint density at radius 3 is 2.37 bits per heavy atom. The van der Waals surface area contributed by atoms with Crippen LogP contribution in [0.15, 0.2) is 41.6 Å². The molecule has 198 valence electrons. The molecule has 13 heteroatoms. The number of nitrogens with one attached hydrogen (secondary N) is 2. The molecule has 4 aromatic rings. The smallest absolute Gasteiger partial charge is 0.251 e. The molecule has 0 bridgehead atoms. The third-order valence-electron chi connectivity index (χ3n) is 5.43. The summed E-state index contributed by atoms with van der Waals surface area (Å²) in [7, 11) is 3.05. The third kappa shape index (κ3) is 6.47. The van der Waals surface area contributed by atoms with Crippen molar-refractivity contribution < 1.29 is 19.1 Å². The minimum atomic E-state index is -0.321. The first-order valence-corrected chi connectivity index (χ1v) is 13.3. The van der Waals surface area contributed by atoms with Crippen LogP contribution in [0.2, 0.25) is 0 Å². The summed E-state index contributed by atoms with van der Waals surface area (Å²) in [5.41, 5.74) is 3.30. The second kappa shape index (κ2) is 12.0. The molecular formula is C25H27N7O4S2. The largest absolute Gasteiger partial charge is 0.497 e. The Kier molecular flexibility index (Phi) is 8.59. The van der Waals surface area contributed by atoms with E-state index in [1.54, 1.807) is 18.2 Å². The number of amides is 2. The van der Waals surface area contributed by atoms with E-state index in [1.807, 2.05) is 43.5 Å². The summed E-state index contributed by atoms with van der Waals surface area (Å²) in [5, 5.41) is 23.9. The van der Waals surface area contributed by atoms with Gasteiger partial charge in [0.2, 0.25) is 11.0 Å². The molecule has 0 aliphatic carbocycles. The van der Waals surface area contributed by atoms with E-state index in [9.17, 15) is 9.59 Å². The fourth-order valence-corrected chi connectivity index (χ4v) is 4.91. The summed E-state index contributed by atoms with van der Waals surface area (Å²) in [6, 6.07) is 11.0. The summed E-state index contributed by atoms with van der Waals surface area (Å²) < 4.78 is 12.4. The summed E-state index contributed by atoms with van der Waals surface area (Å²) in [6.07, 6.45) is 0. The molecule has 0 saturated carbocycles. The average Bonchev–Trinajstić information content (AvgIpc) is 3.52. The molecule has 0 radical (unpaired) electrons.